The number of esters is 1. The Morgan fingerprint density at radius 1 is 1.42 bits per heavy atom. The van der Waals surface area contributed by atoms with Crippen LogP contribution >= 0.6 is 15.9 Å². The van der Waals surface area contributed by atoms with Crippen molar-refractivity contribution in [3.63, 3.8) is 0 Å². The number of carbonyl (C=O) groups is 1. The summed E-state index contributed by atoms with van der Waals surface area (Å²) in [6.45, 7) is 1.40. The van der Waals surface area contributed by atoms with E-state index in [2.05, 4.69) is 20.8 Å². The molecule has 0 bridgehead atoms. The molecule has 0 spiro atoms. The van der Waals surface area contributed by atoms with Gasteiger partial charge in [0.25, 0.3) is 0 Å². The standard InChI is InChI=1S/C13H19BrN2O3/c1-16(2)5-4-6-19-12-10(13(17)18-3)7-9(14)8-11(12)15/h7-8H,4-6,15H2,1-3H3. The minimum absolute atomic E-state index is 0.333. The molecule has 6 heteroatoms. The zero-order valence-electron chi connectivity index (χ0n) is 11.4. The van der Waals surface area contributed by atoms with Crippen molar-refractivity contribution in [1.29, 1.82) is 0 Å². The number of hydrogen-bond donors (Lipinski definition) is 1. The summed E-state index contributed by atoms with van der Waals surface area (Å²) in [5, 5.41) is 0. The van der Waals surface area contributed by atoms with E-state index in [1.54, 1.807) is 12.1 Å². The maximum absolute atomic E-state index is 11.7. The molecule has 0 aliphatic rings. The highest BCUT2D eigenvalue weighted by Gasteiger charge is 2.17. The van der Waals surface area contributed by atoms with Crippen LogP contribution in [0.4, 0.5) is 5.69 Å². The van der Waals surface area contributed by atoms with Crippen molar-refractivity contribution in [1.82, 2.24) is 4.90 Å². The molecular formula is C13H19BrN2O3. The summed E-state index contributed by atoms with van der Waals surface area (Å²) in [4.78, 5) is 13.8. The summed E-state index contributed by atoms with van der Waals surface area (Å²) in [5.41, 5.74) is 6.63. The summed E-state index contributed by atoms with van der Waals surface area (Å²) in [6.07, 6.45) is 0.850. The lowest BCUT2D eigenvalue weighted by molar-refractivity contribution is 0.0596. The van der Waals surface area contributed by atoms with Gasteiger partial charge in [-0.3, -0.25) is 0 Å². The third kappa shape index (κ3) is 4.72. The molecule has 106 valence electrons. The third-order valence-corrected chi connectivity index (χ3v) is 2.94. The molecule has 1 aromatic carbocycles. The number of methoxy groups -OCH3 is 1. The number of nitrogens with two attached hydrogens (primary N) is 1. The Morgan fingerprint density at radius 2 is 2.11 bits per heavy atom. The van der Waals surface area contributed by atoms with Gasteiger partial charge in [-0.25, -0.2) is 4.79 Å². The predicted octanol–water partition coefficient (Wildman–Crippen LogP) is 2.15. The van der Waals surface area contributed by atoms with Crippen LogP contribution in [0.2, 0.25) is 0 Å². The van der Waals surface area contributed by atoms with Crippen LogP contribution in [0.25, 0.3) is 0 Å². The van der Waals surface area contributed by atoms with Crippen molar-refractivity contribution in [2.24, 2.45) is 0 Å². The summed E-state index contributed by atoms with van der Waals surface area (Å²) in [5.74, 6) is -0.0792. The van der Waals surface area contributed by atoms with Crippen LogP contribution in [0.3, 0.4) is 0 Å². The van der Waals surface area contributed by atoms with Crippen molar-refractivity contribution >= 4 is 27.6 Å². The molecule has 0 heterocycles. The van der Waals surface area contributed by atoms with Gasteiger partial charge in [-0.2, -0.15) is 0 Å². The lowest BCUT2D eigenvalue weighted by Gasteiger charge is -2.14. The van der Waals surface area contributed by atoms with E-state index in [0.29, 0.717) is 28.1 Å². The first kappa shape index (κ1) is 15.8. The van der Waals surface area contributed by atoms with Gasteiger partial charge in [0.2, 0.25) is 0 Å². The highest BCUT2D eigenvalue weighted by Crippen LogP contribution is 2.31. The van der Waals surface area contributed by atoms with E-state index >= 15 is 0 Å². The Hall–Kier alpha value is -1.27. The molecule has 0 unspecified atom stereocenters. The topological polar surface area (TPSA) is 64.8 Å². The van der Waals surface area contributed by atoms with E-state index in [0.717, 1.165) is 13.0 Å². The molecule has 0 saturated heterocycles. The average Bonchev–Trinajstić information content (AvgIpc) is 2.34. The quantitative estimate of drug-likeness (QED) is 0.492. The second-order valence-corrected chi connectivity index (χ2v) is 5.28. The molecule has 0 atom stereocenters. The molecular weight excluding hydrogens is 312 g/mol. The number of nitrogen functional groups attached to an aromatic ring is 1. The van der Waals surface area contributed by atoms with Crippen molar-refractivity contribution in [2.75, 3.05) is 40.1 Å². The zero-order chi connectivity index (χ0) is 14.4. The molecule has 0 radical (unpaired) electrons. The number of carbonyl (C=O) groups excluding carboxylic acids is 1. The number of rotatable bonds is 6. The van der Waals surface area contributed by atoms with Crippen molar-refractivity contribution in [3.05, 3.63) is 22.2 Å². The number of nitrogens with zero attached hydrogens (tertiary/aromatic N) is 1. The first-order valence-electron chi connectivity index (χ1n) is 5.90. The van der Waals surface area contributed by atoms with Gasteiger partial charge in [0, 0.05) is 11.0 Å². The van der Waals surface area contributed by atoms with Gasteiger partial charge < -0.3 is 20.1 Å². The maximum Gasteiger partial charge on any atom is 0.341 e. The first-order valence-corrected chi connectivity index (χ1v) is 6.70. The summed E-state index contributed by atoms with van der Waals surface area (Å²) in [7, 11) is 5.32. The monoisotopic (exact) mass is 330 g/mol. The molecule has 0 saturated carbocycles. The molecule has 5 nitrogen and oxygen atoms in total. The molecule has 0 fully saturated rings. The van der Waals surface area contributed by atoms with Gasteiger partial charge in [-0.1, -0.05) is 15.9 Å². The fraction of sp³-hybridized carbons (Fsp3) is 0.462. The lowest BCUT2D eigenvalue weighted by atomic mass is 10.1. The molecule has 0 aromatic heterocycles. The third-order valence-electron chi connectivity index (χ3n) is 2.48. The second-order valence-electron chi connectivity index (χ2n) is 4.37. The SMILES string of the molecule is COC(=O)c1cc(Br)cc(N)c1OCCCN(C)C. The second kappa shape index (κ2) is 7.35. The highest BCUT2D eigenvalue weighted by atomic mass is 79.9. The van der Waals surface area contributed by atoms with Crippen molar-refractivity contribution in [3.8, 4) is 5.75 Å². The van der Waals surface area contributed by atoms with Crippen LogP contribution in [0.15, 0.2) is 16.6 Å². The minimum atomic E-state index is -0.462. The molecule has 2 N–H and O–H groups in total. The number of ether oxygens (including phenoxy) is 2. The normalized spacial score (nSPS) is 10.6. The Bertz CT molecular complexity index is 450. The van der Waals surface area contributed by atoms with Crippen molar-refractivity contribution in [2.45, 2.75) is 6.42 Å². The van der Waals surface area contributed by atoms with Gasteiger partial charge in [0.1, 0.15) is 5.56 Å². The fourth-order valence-electron chi connectivity index (χ4n) is 1.59. The van der Waals surface area contributed by atoms with E-state index in [1.165, 1.54) is 7.11 Å². The van der Waals surface area contributed by atoms with Crippen LogP contribution in [0.1, 0.15) is 16.8 Å². The average molecular weight is 331 g/mol. The van der Waals surface area contributed by atoms with Crippen LogP contribution < -0.4 is 10.5 Å². The van der Waals surface area contributed by atoms with Crippen LogP contribution in [-0.4, -0.2) is 45.2 Å². The highest BCUT2D eigenvalue weighted by molar-refractivity contribution is 9.10. The minimum Gasteiger partial charge on any atom is -0.490 e. The van der Waals surface area contributed by atoms with Gasteiger partial charge in [0.05, 0.1) is 19.4 Å². The molecule has 19 heavy (non-hydrogen) atoms. The van der Waals surface area contributed by atoms with Crippen LogP contribution in [0, 0.1) is 0 Å². The number of hydrogen-bond acceptors (Lipinski definition) is 5. The van der Waals surface area contributed by atoms with Crippen LogP contribution in [0.5, 0.6) is 5.75 Å². The summed E-state index contributed by atoms with van der Waals surface area (Å²) in [6, 6.07) is 3.34. The van der Waals surface area contributed by atoms with E-state index in [9.17, 15) is 4.79 Å². The lowest BCUT2D eigenvalue weighted by Crippen LogP contribution is -2.16. The van der Waals surface area contributed by atoms with Gasteiger partial charge in [0.15, 0.2) is 5.75 Å². The van der Waals surface area contributed by atoms with E-state index in [4.69, 9.17) is 15.2 Å². The Morgan fingerprint density at radius 3 is 2.68 bits per heavy atom. The van der Waals surface area contributed by atoms with E-state index in [1.807, 2.05) is 14.1 Å². The Labute approximate surface area is 121 Å². The Balaban J connectivity index is 2.83. The molecule has 0 aliphatic heterocycles. The number of benzene rings is 1. The fourth-order valence-corrected chi connectivity index (χ4v) is 2.07. The predicted molar refractivity (Wildman–Crippen MR) is 78.6 cm³/mol. The molecule has 1 aromatic rings. The number of halogens is 1. The molecule has 0 amide bonds. The largest absolute Gasteiger partial charge is 0.490 e. The van der Waals surface area contributed by atoms with Gasteiger partial charge >= 0.3 is 5.97 Å². The first-order chi connectivity index (χ1) is 8.95. The zero-order valence-corrected chi connectivity index (χ0v) is 13.0. The molecule has 0 aliphatic carbocycles. The maximum atomic E-state index is 11.7. The summed E-state index contributed by atoms with van der Waals surface area (Å²) >= 11 is 3.30. The Kier molecular flexibility index (Phi) is 6.11. The summed E-state index contributed by atoms with van der Waals surface area (Å²) < 4.78 is 11.1. The van der Waals surface area contributed by atoms with Crippen molar-refractivity contribution < 1.29 is 14.3 Å². The van der Waals surface area contributed by atoms with Crippen LogP contribution in [-0.2, 0) is 4.74 Å². The van der Waals surface area contributed by atoms with E-state index in [-0.39, 0.29) is 0 Å². The van der Waals surface area contributed by atoms with Gasteiger partial charge in [-0.05, 0) is 32.6 Å². The molecule has 1 rings (SSSR count). The number of anilines is 1. The van der Waals surface area contributed by atoms with E-state index < -0.39 is 5.97 Å². The smallest absolute Gasteiger partial charge is 0.341 e. The van der Waals surface area contributed by atoms with Gasteiger partial charge in [-0.15, -0.1) is 0 Å².